The average molecular weight is 423 g/mol. The van der Waals surface area contributed by atoms with Gasteiger partial charge in [0.2, 0.25) is 11.8 Å². The van der Waals surface area contributed by atoms with Gasteiger partial charge in [0, 0.05) is 18.9 Å². The van der Waals surface area contributed by atoms with Crippen LogP contribution in [0.3, 0.4) is 0 Å². The molecule has 1 aliphatic carbocycles. The number of hydrogen-bond donors (Lipinski definition) is 3. The van der Waals surface area contributed by atoms with Gasteiger partial charge in [0.05, 0.1) is 18.1 Å². The summed E-state index contributed by atoms with van der Waals surface area (Å²) in [5, 5.41) is 14.8. The van der Waals surface area contributed by atoms with Crippen LogP contribution in [0.2, 0.25) is 0 Å². The number of ether oxygens (including phenoxy) is 1. The van der Waals surface area contributed by atoms with Gasteiger partial charge in [-0.2, -0.15) is 0 Å². The molecule has 7 nitrogen and oxygen atoms in total. The molecule has 1 fully saturated rings. The lowest BCUT2D eigenvalue weighted by molar-refractivity contribution is -0.147. The van der Waals surface area contributed by atoms with Crippen molar-refractivity contribution in [1.29, 1.82) is 0 Å². The predicted octanol–water partition coefficient (Wildman–Crippen LogP) is 2.78. The maximum Gasteiger partial charge on any atom is 0.305 e. The van der Waals surface area contributed by atoms with E-state index in [4.69, 9.17) is 9.84 Å². The third-order valence-corrected chi connectivity index (χ3v) is 5.43. The van der Waals surface area contributed by atoms with E-state index < -0.39 is 11.5 Å². The lowest BCUT2D eigenvalue weighted by Gasteiger charge is -2.31. The summed E-state index contributed by atoms with van der Waals surface area (Å²) in [5.74, 6) is -1.32. The summed E-state index contributed by atoms with van der Waals surface area (Å²) in [4.78, 5) is 37.2. The monoisotopic (exact) mass is 422 g/mol. The van der Waals surface area contributed by atoms with Crippen LogP contribution in [-0.2, 0) is 19.1 Å². The van der Waals surface area contributed by atoms with Gasteiger partial charge in [-0.1, -0.05) is 25.0 Å². The number of nitrogens with one attached hydrogen (secondary N) is 2. The van der Waals surface area contributed by atoms with Crippen molar-refractivity contribution < 1.29 is 24.2 Å². The van der Waals surface area contributed by atoms with Crippen molar-refractivity contribution in [3.63, 3.8) is 0 Å². The highest BCUT2D eigenvalue weighted by molar-refractivity contribution is 5.86. The van der Waals surface area contributed by atoms with Crippen molar-refractivity contribution in [2.45, 2.75) is 82.7 Å². The highest BCUT2D eigenvalue weighted by Crippen LogP contribution is 2.31. The van der Waals surface area contributed by atoms with E-state index in [1.54, 1.807) is 13.0 Å². The zero-order valence-corrected chi connectivity index (χ0v) is 18.3. The van der Waals surface area contributed by atoms with Crippen molar-refractivity contribution in [2.75, 3.05) is 13.2 Å². The number of hydrogen-bond acceptors (Lipinski definition) is 5. The number of aliphatic hydroxyl groups excluding tert-OH is 1. The largest absolute Gasteiger partial charge is 0.463 e. The quantitative estimate of drug-likeness (QED) is 0.214. The van der Waals surface area contributed by atoms with Gasteiger partial charge in [0.25, 0.3) is 0 Å². The number of aliphatic hydroxyl groups is 1. The molecule has 0 heterocycles. The Kier molecular flexibility index (Phi) is 12.0. The van der Waals surface area contributed by atoms with E-state index in [1.165, 1.54) is 0 Å². The van der Waals surface area contributed by atoms with Gasteiger partial charge in [-0.05, 0) is 45.4 Å². The minimum atomic E-state index is -0.567. The molecule has 0 bridgehead atoms. The molecular formula is C23H38N2O5. The van der Waals surface area contributed by atoms with Crippen LogP contribution in [0.4, 0.5) is 0 Å². The fraction of sp³-hybridized carbons (Fsp3) is 0.696. The summed E-state index contributed by atoms with van der Waals surface area (Å²) >= 11 is 0. The van der Waals surface area contributed by atoms with Crippen LogP contribution in [0.25, 0.3) is 0 Å². The van der Waals surface area contributed by atoms with Crippen LogP contribution >= 0.6 is 0 Å². The van der Waals surface area contributed by atoms with Gasteiger partial charge in [0.15, 0.2) is 0 Å². The molecule has 0 spiro atoms. The van der Waals surface area contributed by atoms with Crippen LogP contribution in [0, 0.1) is 5.92 Å². The highest BCUT2D eigenvalue weighted by atomic mass is 16.5. The second-order valence-corrected chi connectivity index (χ2v) is 8.25. The normalized spacial score (nSPS) is 16.9. The fourth-order valence-electron chi connectivity index (χ4n) is 3.66. The molecule has 30 heavy (non-hydrogen) atoms. The number of carbonyl (C=O) groups is 3. The molecule has 2 unspecified atom stereocenters. The molecule has 0 radical (unpaired) electrons. The van der Waals surface area contributed by atoms with Crippen LogP contribution < -0.4 is 10.6 Å². The van der Waals surface area contributed by atoms with Gasteiger partial charge < -0.3 is 20.5 Å². The van der Waals surface area contributed by atoms with Gasteiger partial charge >= 0.3 is 5.97 Å². The lowest BCUT2D eigenvalue weighted by Crippen LogP contribution is -2.52. The number of unbranched alkanes of at least 4 members (excludes halogenated alkanes) is 2. The number of allylic oxidation sites excluding steroid dienone is 2. The molecule has 0 aromatic rings. The summed E-state index contributed by atoms with van der Waals surface area (Å²) in [5.41, 5.74) is -0.567. The Balaban J connectivity index is 2.63. The second-order valence-electron chi connectivity index (χ2n) is 8.25. The molecule has 3 N–H and O–H groups in total. The minimum Gasteiger partial charge on any atom is -0.463 e. The zero-order chi connectivity index (χ0) is 22.4. The van der Waals surface area contributed by atoms with Gasteiger partial charge in [-0.25, -0.2) is 0 Å². The van der Waals surface area contributed by atoms with Crippen molar-refractivity contribution in [1.82, 2.24) is 10.6 Å². The maximum absolute atomic E-state index is 12.9. The third-order valence-electron chi connectivity index (χ3n) is 5.43. The van der Waals surface area contributed by atoms with Gasteiger partial charge in [-0.15, -0.1) is 13.2 Å². The number of rotatable bonds is 15. The molecule has 7 heteroatoms. The van der Waals surface area contributed by atoms with Crippen molar-refractivity contribution in [2.24, 2.45) is 5.92 Å². The minimum absolute atomic E-state index is 0.0152. The molecule has 0 aromatic carbocycles. The predicted molar refractivity (Wildman–Crippen MR) is 117 cm³/mol. The lowest BCUT2D eigenvalue weighted by atomic mass is 9.94. The van der Waals surface area contributed by atoms with E-state index in [2.05, 4.69) is 23.8 Å². The molecule has 0 aliphatic heterocycles. The molecule has 2 atom stereocenters. The highest BCUT2D eigenvalue weighted by Gasteiger charge is 2.38. The van der Waals surface area contributed by atoms with E-state index in [-0.39, 0.29) is 43.5 Å². The first-order chi connectivity index (χ1) is 14.4. The Morgan fingerprint density at radius 2 is 1.87 bits per heavy atom. The first-order valence-electron chi connectivity index (χ1n) is 11.0. The Bertz CT molecular complexity index is 584. The van der Waals surface area contributed by atoms with Crippen LogP contribution in [0.5, 0.6) is 0 Å². The summed E-state index contributed by atoms with van der Waals surface area (Å²) in [7, 11) is 0. The molecule has 0 aromatic heterocycles. The van der Waals surface area contributed by atoms with E-state index in [0.717, 1.165) is 44.9 Å². The van der Waals surface area contributed by atoms with Crippen molar-refractivity contribution in [3.05, 3.63) is 25.3 Å². The smallest absolute Gasteiger partial charge is 0.305 e. The summed E-state index contributed by atoms with van der Waals surface area (Å²) in [6.07, 6.45) is 10.1. The summed E-state index contributed by atoms with van der Waals surface area (Å²) in [6, 6.07) is -0.364. The molecule has 2 amide bonds. The summed E-state index contributed by atoms with van der Waals surface area (Å²) < 4.78 is 5.49. The van der Waals surface area contributed by atoms with Crippen LogP contribution in [-0.4, -0.2) is 47.7 Å². The first-order valence-corrected chi connectivity index (χ1v) is 11.0. The number of amides is 2. The van der Waals surface area contributed by atoms with E-state index in [0.29, 0.717) is 12.8 Å². The Morgan fingerprint density at radius 1 is 1.17 bits per heavy atom. The van der Waals surface area contributed by atoms with E-state index >= 15 is 0 Å². The van der Waals surface area contributed by atoms with Crippen molar-refractivity contribution in [3.8, 4) is 0 Å². The van der Waals surface area contributed by atoms with Gasteiger partial charge in [-0.3, -0.25) is 14.4 Å². The standard InChI is InChI=1S/C23H38N2O5/c1-4-6-7-8-12-21(28)30-17-23(13-9-10-14-23)25-22(29)19(11-5-2)15-20(27)24-18(3)16-26/h4-5,18-19,26H,1-2,6-17H2,3H3,(H,24,27)(H,25,29). The zero-order valence-electron chi connectivity index (χ0n) is 18.3. The molecular weight excluding hydrogens is 384 g/mol. The average Bonchev–Trinajstić information content (AvgIpc) is 3.17. The molecule has 1 aliphatic rings. The Morgan fingerprint density at radius 3 is 2.47 bits per heavy atom. The molecule has 0 saturated heterocycles. The first kappa shape index (κ1) is 25.9. The molecule has 170 valence electrons. The van der Waals surface area contributed by atoms with E-state index in [1.807, 2.05) is 6.08 Å². The topological polar surface area (TPSA) is 105 Å². The number of carbonyl (C=O) groups excluding carboxylic acids is 3. The van der Waals surface area contributed by atoms with Gasteiger partial charge in [0.1, 0.15) is 6.61 Å². The number of esters is 1. The molecule has 1 rings (SSSR count). The third kappa shape index (κ3) is 9.57. The Labute approximate surface area is 180 Å². The summed E-state index contributed by atoms with van der Waals surface area (Å²) in [6.45, 7) is 9.05. The maximum atomic E-state index is 12.9. The van der Waals surface area contributed by atoms with E-state index in [9.17, 15) is 14.4 Å². The SMILES string of the molecule is C=CCCCCC(=O)OCC1(NC(=O)C(CC=C)CC(=O)NC(C)CO)CCCC1. The van der Waals surface area contributed by atoms with Crippen LogP contribution in [0.1, 0.15) is 71.1 Å². The Hall–Kier alpha value is -2.15. The van der Waals surface area contributed by atoms with Crippen LogP contribution in [0.15, 0.2) is 25.3 Å². The van der Waals surface area contributed by atoms with Crippen molar-refractivity contribution >= 4 is 17.8 Å². The fourth-order valence-corrected chi connectivity index (χ4v) is 3.66. The molecule has 1 saturated carbocycles. The second kappa shape index (κ2) is 14.0.